The summed E-state index contributed by atoms with van der Waals surface area (Å²) >= 11 is 0. The molecule has 4 nitrogen and oxygen atoms in total. The van der Waals surface area contributed by atoms with Crippen LogP contribution in [0.2, 0.25) is 0 Å². The van der Waals surface area contributed by atoms with Crippen molar-refractivity contribution in [2.24, 2.45) is 0 Å². The third-order valence-electron chi connectivity index (χ3n) is 3.20. The van der Waals surface area contributed by atoms with Gasteiger partial charge >= 0.3 is 5.97 Å². The van der Waals surface area contributed by atoms with Crippen molar-refractivity contribution in [3.63, 3.8) is 0 Å². The van der Waals surface area contributed by atoms with Gasteiger partial charge in [-0.05, 0) is 43.5 Å². The van der Waals surface area contributed by atoms with E-state index in [9.17, 15) is 9.59 Å². The highest BCUT2D eigenvalue weighted by molar-refractivity contribution is 5.94. The van der Waals surface area contributed by atoms with E-state index in [1.54, 1.807) is 11.9 Å². The number of aryl methyl sites for hydroxylation is 2. The molecule has 4 heteroatoms. The summed E-state index contributed by atoms with van der Waals surface area (Å²) in [5.41, 5.74) is 2.96. The van der Waals surface area contributed by atoms with Crippen molar-refractivity contribution in [2.75, 3.05) is 20.7 Å². The van der Waals surface area contributed by atoms with Gasteiger partial charge in [-0.3, -0.25) is 9.59 Å². The molecule has 0 saturated heterocycles. The number of methoxy groups -OCH3 is 1. The summed E-state index contributed by atoms with van der Waals surface area (Å²) < 4.78 is 4.56. The molecular formula is C15H21NO3. The average molecular weight is 263 g/mol. The number of ether oxygens (including phenoxy) is 1. The normalized spacial score (nSPS) is 10.1. The highest BCUT2D eigenvalue weighted by Gasteiger charge is 2.12. The van der Waals surface area contributed by atoms with E-state index < -0.39 is 0 Å². The van der Waals surface area contributed by atoms with Gasteiger partial charge in [0, 0.05) is 25.6 Å². The van der Waals surface area contributed by atoms with E-state index in [2.05, 4.69) is 4.74 Å². The van der Waals surface area contributed by atoms with E-state index in [4.69, 9.17) is 0 Å². The summed E-state index contributed by atoms with van der Waals surface area (Å²) in [6.45, 7) is 4.55. The van der Waals surface area contributed by atoms with Gasteiger partial charge in [-0.2, -0.15) is 0 Å². The number of hydrogen-bond acceptors (Lipinski definition) is 3. The lowest BCUT2D eigenvalue weighted by molar-refractivity contribution is -0.140. The zero-order valence-corrected chi connectivity index (χ0v) is 12.0. The summed E-state index contributed by atoms with van der Waals surface area (Å²) in [5, 5.41) is 0. The summed E-state index contributed by atoms with van der Waals surface area (Å²) in [5.74, 6) is -0.264. The van der Waals surface area contributed by atoms with Gasteiger partial charge in [0.1, 0.15) is 0 Å². The van der Waals surface area contributed by atoms with Crippen LogP contribution in [0, 0.1) is 13.8 Å². The van der Waals surface area contributed by atoms with Gasteiger partial charge in [-0.1, -0.05) is 6.07 Å². The van der Waals surface area contributed by atoms with Crippen LogP contribution in [-0.2, 0) is 9.53 Å². The van der Waals surface area contributed by atoms with Crippen LogP contribution in [0.3, 0.4) is 0 Å². The Hall–Kier alpha value is -1.84. The summed E-state index contributed by atoms with van der Waals surface area (Å²) in [7, 11) is 3.11. The number of esters is 1. The zero-order valence-electron chi connectivity index (χ0n) is 12.0. The van der Waals surface area contributed by atoms with E-state index in [-0.39, 0.29) is 11.9 Å². The zero-order chi connectivity index (χ0) is 14.4. The molecule has 1 rings (SSSR count). The van der Waals surface area contributed by atoms with Gasteiger partial charge in [0.25, 0.3) is 5.91 Å². The van der Waals surface area contributed by atoms with Crippen LogP contribution < -0.4 is 0 Å². The Morgan fingerprint density at radius 3 is 2.47 bits per heavy atom. The van der Waals surface area contributed by atoms with Crippen molar-refractivity contribution in [1.29, 1.82) is 0 Å². The van der Waals surface area contributed by atoms with E-state index in [0.717, 1.165) is 5.56 Å². The molecule has 1 aromatic rings. The fraction of sp³-hybridized carbons (Fsp3) is 0.467. The molecule has 0 aliphatic rings. The first-order valence-electron chi connectivity index (χ1n) is 6.35. The summed E-state index contributed by atoms with van der Waals surface area (Å²) in [6, 6.07) is 5.68. The topological polar surface area (TPSA) is 46.6 Å². The molecule has 0 N–H and O–H groups in total. The maximum atomic E-state index is 12.2. The molecule has 0 atom stereocenters. The number of benzene rings is 1. The molecule has 0 aliphatic carbocycles. The minimum atomic E-state index is -0.243. The lowest BCUT2D eigenvalue weighted by Crippen LogP contribution is -2.28. The Morgan fingerprint density at radius 2 is 1.89 bits per heavy atom. The number of rotatable bonds is 5. The third kappa shape index (κ3) is 4.39. The maximum Gasteiger partial charge on any atom is 0.305 e. The molecule has 104 valence electrons. The van der Waals surface area contributed by atoms with Gasteiger partial charge in [0.15, 0.2) is 0 Å². The fourth-order valence-corrected chi connectivity index (χ4v) is 1.76. The summed E-state index contributed by atoms with van der Waals surface area (Å²) in [6.07, 6.45) is 0.945. The van der Waals surface area contributed by atoms with Crippen LogP contribution in [0.25, 0.3) is 0 Å². The molecule has 1 amide bonds. The van der Waals surface area contributed by atoms with Crippen molar-refractivity contribution in [3.05, 3.63) is 34.9 Å². The van der Waals surface area contributed by atoms with Crippen LogP contribution in [0.15, 0.2) is 18.2 Å². The minimum Gasteiger partial charge on any atom is -0.469 e. The number of amides is 1. The molecule has 0 fully saturated rings. The van der Waals surface area contributed by atoms with Crippen molar-refractivity contribution >= 4 is 11.9 Å². The number of carbonyl (C=O) groups excluding carboxylic acids is 2. The molecule has 0 unspecified atom stereocenters. The van der Waals surface area contributed by atoms with Crippen LogP contribution in [0.5, 0.6) is 0 Å². The van der Waals surface area contributed by atoms with E-state index in [0.29, 0.717) is 24.9 Å². The van der Waals surface area contributed by atoms with Crippen LogP contribution in [-0.4, -0.2) is 37.5 Å². The highest BCUT2D eigenvalue weighted by atomic mass is 16.5. The Kier molecular flexibility index (Phi) is 5.55. The van der Waals surface area contributed by atoms with Crippen LogP contribution >= 0.6 is 0 Å². The molecule has 0 aliphatic heterocycles. The SMILES string of the molecule is COC(=O)CCCN(C)C(=O)c1ccc(C)c(C)c1. The lowest BCUT2D eigenvalue weighted by Gasteiger charge is -2.17. The second-order valence-electron chi connectivity index (χ2n) is 4.71. The smallest absolute Gasteiger partial charge is 0.305 e. The molecule has 0 heterocycles. The van der Waals surface area contributed by atoms with Gasteiger partial charge in [-0.25, -0.2) is 0 Å². The van der Waals surface area contributed by atoms with E-state index >= 15 is 0 Å². The highest BCUT2D eigenvalue weighted by Crippen LogP contribution is 2.12. The first-order chi connectivity index (χ1) is 8.95. The standard InChI is InChI=1S/C15H21NO3/c1-11-7-8-13(10-12(11)2)15(18)16(3)9-5-6-14(17)19-4/h7-8,10H,5-6,9H2,1-4H3. The molecule has 0 saturated carbocycles. The van der Waals surface area contributed by atoms with Gasteiger partial charge in [0.05, 0.1) is 7.11 Å². The number of nitrogens with zero attached hydrogens (tertiary/aromatic N) is 1. The van der Waals surface area contributed by atoms with Crippen LogP contribution in [0.4, 0.5) is 0 Å². The first kappa shape index (κ1) is 15.2. The van der Waals surface area contributed by atoms with Crippen molar-refractivity contribution in [1.82, 2.24) is 4.90 Å². The fourth-order valence-electron chi connectivity index (χ4n) is 1.76. The van der Waals surface area contributed by atoms with Crippen molar-refractivity contribution in [2.45, 2.75) is 26.7 Å². The molecule has 0 bridgehead atoms. The Labute approximate surface area is 114 Å². The third-order valence-corrected chi connectivity index (χ3v) is 3.20. The predicted octanol–water partition coefficient (Wildman–Crippen LogP) is 2.33. The monoisotopic (exact) mass is 263 g/mol. The first-order valence-corrected chi connectivity index (χ1v) is 6.35. The Balaban J connectivity index is 2.56. The molecule has 1 aromatic carbocycles. The minimum absolute atomic E-state index is 0.0204. The van der Waals surface area contributed by atoms with Gasteiger partial charge in [-0.15, -0.1) is 0 Å². The largest absolute Gasteiger partial charge is 0.469 e. The van der Waals surface area contributed by atoms with Crippen molar-refractivity contribution in [3.8, 4) is 0 Å². The predicted molar refractivity (Wildman–Crippen MR) is 74.1 cm³/mol. The Morgan fingerprint density at radius 1 is 1.21 bits per heavy atom. The number of carbonyl (C=O) groups is 2. The van der Waals surface area contributed by atoms with Crippen molar-refractivity contribution < 1.29 is 14.3 Å². The second-order valence-corrected chi connectivity index (χ2v) is 4.71. The van der Waals surface area contributed by atoms with Crippen LogP contribution in [0.1, 0.15) is 34.3 Å². The van der Waals surface area contributed by atoms with Gasteiger partial charge in [0.2, 0.25) is 0 Å². The quantitative estimate of drug-likeness (QED) is 0.766. The molecule has 0 radical (unpaired) electrons. The van der Waals surface area contributed by atoms with E-state index in [1.165, 1.54) is 12.7 Å². The lowest BCUT2D eigenvalue weighted by atomic mass is 10.1. The summed E-state index contributed by atoms with van der Waals surface area (Å²) in [4.78, 5) is 24.8. The van der Waals surface area contributed by atoms with Gasteiger partial charge < -0.3 is 9.64 Å². The molecular weight excluding hydrogens is 242 g/mol. The Bertz CT molecular complexity index is 468. The second kappa shape index (κ2) is 6.92. The van der Waals surface area contributed by atoms with E-state index in [1.807, 2.05) is 32.0 Å². The molecule has 0 aromatic heterocycles. The average Bonchev–Trinajstić information content (AvgIpc) is 2.40. The molecule has 0 spiro atoms. The number of hydrogen-bond donors (Lipinski definition) is 0. The molecule has 19 heavy (non-hydrogen) atoms. The maximum absolute atomic E-state index is 12.2.